The number of amides is 2. The first kappa shape index (κ1) is 17.0. The van der Waals surface area contributed by atoms with Crippen LogP contribution < -0.4 is 10.6 Å². The van der Waals surface area contributed by atoms with E-state index in [1.54, 1.807) is 26.0 Å². The van der Waals surface area contributed by atoms with E-state index in [1.165, 1.54) is 6.07 Å². The van der Waals surface area contributed by atoms with Crippen LogP contribution in [-0.2, 0) is 9.84 Å². The molecule has 0 aliphatic rings. The van der Waals surface area contributed by atoms with Crippen LogP contribution in [0.2, 0.25) is 0 Å². The van der Waals surface area contributed by atoms with Gasteiger partial charge in [-0.05, 0) is 25.5 Å². The Balaban J connectivity index is 2.81. The van der Waals surface area contributed by atoms with E-state index in [0.29, 0.717) is 5.56 Å². The van der Waals surface area contributed by atoms with E-state index in [2.05, 4.69) is 10.6 Å². The molecule has 0 aliphatic heterocycles. The van der Waals surface area contributed by atoms with Gasteiger partial charge in [-0.3, -0.25) is 0 Å². The Bertz CT molecular complexity index is 655. The third kappa shape index (κ3) is 5.42. The van der Waals surface area contributed by atoms with E-state index in [4.69, 9.17) is 5.11 Å². The standard InChI is InChI=1S/C13H18N2O5S/c1-8-5-4-6-10(11(8)12(16)17)15-13(18)14-9(2)7-21(3,19)20/h4-6,9H,7H2,1-3H3,(H,16,17)(H2,14,15,18). The molecule has 1 unspecified atom stereocenters. The summed E-state index contributed by atoms with van der Waals surface area (Å²) in [6.45, 7) is 3.17. The summed E-state index contributed by atoms with van der Waals surface area (Å²) >= 11 is 0. The van der Waals surface area contributed by atoms with Gasteiger partial charge in [0.1, 0.15) is 9.84 Å². The number of hydrogen-bond donors (Lipinski definition) is 3. The number of anilines is 1. The number of aryl methyl sites for hydroxylation is 1. The summed E-state index contributed by atoms with van der Waals surface area (Å²) in [5, 5.41) is 14.0. The van der Waals surface area contributed by atoms with Crippen LogP contribution in [-0.4, -0.2) is 43.6 Å². The smallest absolute Gasteiger partial charge is 0.338 e. The highest BCUT2D eigenvalue weighted by Crippen LogP contribution is 2.19. The number of carbonyl (C=O) groups is 2. The van der Waals surface area contributed by atoms with Crippen molar-refractivity contribution in [2.45, 2.75) is 19.9 Å². The molecule has 21 heavy (non-hydrogen) atoms. The molecule has 1 rings (SSSR count). The molecule has 1 aromatic rings. The summed E-state index contributed by atoms with van der Waals surface area (Å²) in [6.07, 6.45) is 1.08. The Labute approximate surface area is 123 Å². The van der Waals surface area contributed by atoms with Gasteiger partial charge in [0.2, 0.25) is 0 Å². The highest BCUT2D eigenvalue weighted by atomic mass is 32.2. The van der Waals surface area contributed by atoms with Crippen LogP contribution in [0.3, 0.4) is 0 Å². The first-order valence-electron chi connectivity index (χ1n) is 6.18. The monoisotopic (exact) mass is 314 g/mol. The number of benzene rings is 1. The number of aromatic carboxylic acids is 1. The second-order valence-corrected chi connectivity index (χ2v) is 7.08. The molecule has 0 saturated heterocycles. The zero-order chi connectivity index (χ0) is 16.2. The van der Waals surface area contributed by atoms with Crippen molar-refractivity contribution in [3.05, 3.63) is 29.3 Å². The average Bonchev–Trinajstić information content (AvgIpc) is 2.24. The largest absolute Gasteiger partial charge is 0.478 e. The maximum atomic E-state index is 11.8. The molecule has 116 valence electrons. The molecule has 0 bridgehead atoms. The SMILES string of the molecule is Cc1cccc(NC(=O)NC(C)CS(C)(=O)=O)c1C(=O)O. The van der Waals surface area contributed by atoms with E-state index >= 15 is 0 Å². The van der Waals surface area contributed by atoms with Gasteiger partial charge in [0.15, 0.2) is 0 Å². The fourth-order valence-electron chi connectivity index (χ4n) is 1.93. The molecule has 0 aliphatic carbocycles. The highest BCUT2D eigenvalue weighted by Gasteiger charge is 2.17. The van der Waals surface area contributed by atoms with Crippen LogP contribution in [0, 0.1) is 6.92 Å². The molecule has 0 spiro atoms. The van der Waals surface area contributed by atoms with Gasteiger partial charge in [-0.25, -0.2) is 18.0 Å². The minimum atomic E-state index is -3.21. The van der Waals surface area contributed by atoms with Gasteiger partial charge in [-0.15, -0.1) is 0 Å². The van der Waals surface area contributed by atoms with Crippen LogP contribution >= 0.6 is 0 Å². The second kappa shape index (κ2) is 6.57. The predicted molar refractivity (Wildman–Crippen MR) is 79.5 cm³/mol. The Morgan fingerprint density at radius 2 is 1.95 bits per heavy atom. The Hall–Kier alpha value is -2.09. The Morgan fingerprint density at radius 3 is 2.48 bits per heavy atom. The lowest BCUT2D eigenvalue weighted by Crippen LogP contribution is -2.40. The van der Waals surface area contributed by atoms with E-state index in [1.807, 2.05) is 0 Å². The molecule has 0 aromatic heterocycles. The van der Waals surface area contributed by atoms with Crippen molar-refractivity contribution < 1.29 is 23.1 Å². The third-order valence-corrected chi connectivity index (χ3v) is 3.77. The van der Waals surface area contributed by atoms with Crippen LogP contribution in [0.1, 0.15) is 22.8 Å². The summed E-state index contributed by atoms with van der Waals surface area (Å²) in [6, 6.07) is 3.48. The maximum Gasteiger partial charge on any atom is 0.338 e. The predicted octanol–water partition coefficient (Wildman–Crippen LogP) is 1.25. The van der Waals surface area contributed by atoms with Crippen molar-refractivity contribution in [1.29, 1.82) is 0 Å². The molecule has 1 aromatic carbocycles. The van der Waals surface area contributed by atoms with E-state index in [9.17, 15) is 18.0 Å². The number of hydrogen-bond acceptors (Lipinski definition) is 4. The summed E-state index contributed by atoms with van der Waals surface area (Å²) in [5.74, 6) is -1.34. The lowest BCUT2D eigenvalue weighted by molar-refractivity contribution is 0.0697. The van der Waals surface area contributed by atoms with Crippen molar-refractivity contribution in [2.75, 3.05) is 17.3 Å². The van der Waals surface area contributed by atoms with Crippen molar-refractivity contribution in [2.24, 2.45) is 0 Å². The number of urea groups is 1. The van der Waals surface area contributed by atoms with Gasteiger partial charge in [0.05, 0.1) is 17.0 Å². The van der Waals surface area contributed by atoms with Gasteiger partial charge in [-0.2, -0.15) is 0 Å². The molecule has 8 heteroatoms. The molecule has 2 amide bonds. The van der Waals surface area contributed by atoms with Crippen LogP contribution in [0.15, 0.2) is 18.2 Å². The molecule has 0 radical (unpaired) electrons. The molecule has 0 fully saturated rings. The number of carboxylic acids is 1. The lowest BCUT2D eigenvalue weighted by Gasteiger charge is -2.15. The van der Waals surface area contributed by atoms with Gasteiger partial charge in [0, 0.05) is 12.3 Å². The maximum absolute atomic E-state index is 11.8. The zero-order valence-corrected chi connectivity index (χ0v) is 12.8. The number of nitrogens with one attached hydrogen (secondary N) is 2. The van der Waals surface area contributed by atoms with Crippen molar-refractivity contribution in [1.82, 2.24) is 5.32 Å². The van der Waals surface area contributed by atoms with E-state index in [-0.39, 0.29) is 17.0 Å². The lowest BCUT2D eigenvalue weighted by atomic mass is 10.1. The normalized spacial score (nSPS) is 12.5. The fourth-order valence-corrected chi connectivity index (χ4v) is 2.93. The topological polar surface area (TPSA) is 113 Å². The van der Waals surface area contributed by atoms with Gasteiger partial charge in [0.25, 0.3) is 0 Å². The summed E-state index contributed by atoms with van der Waals surface area (Å²) in [5.41, 5.74) is 0.680. The quantitative estimate of drug-likeness (QED) is 0.757. The second-order valence-electron chi connectivity index (χ2n) is 4.89. The molecule has 1 atom stereocenters. The molecule has 0 saturated carbocycles. The number of carbonyl (C=O) groups excluding carboxylic acids is 1. The number of carboxylic acid groups (broad SMARTS) is 1. The Morgan fingerprint density at radius 1 is 1.33 bits per heavy atom. The number of sulfone groups is 1. The van der Waals surface area contributed by atoms with Crippen molar-refractivity contribution in [3.8, 4) is 0 Å². The molecular weight excluding hydrogens is 296 g/mol. The average molecular weight is 314 g/mol. The number of rotatable bonds is 5. The minimum absolute atomic E-state index is 0.00316. The first-order chi connectivity index (χ1) is 9.60. The third-order valence-electron chi connectivity index (χ3n) is 2.67. The van der Waals surface area contributed by atoms with Crippen LogP contribution in [0.4, 0.5) is 10.5 Å². The summed E-state index contributed by atoms with van der Waals surface area (Å²) in [7, 11) is -3.21. The van der Waals surface area contributed by atoms with Gasteiger partial charge in [-0.1, -0.05) is 12.1 Å². The Kier molecular flexibility index (Phi) is 5.31. The summed E-state index contributed by atoms with van der Waals surface area (Å²) < 4.78 is 22.2. The van der Waals surface area contributed by atoms with Gasteiger partial charge < -0.3 is 15.7 Å². The van der Waals surface area contributed by atoms with E-state index in [0.717, 1.165) is 6.26 Å². The highest BCUT2D eigenvalue weighted by molar-refractivity contribution is 7.90. The zero-order valence-electron chi connectivity index (χ0n) is 12.0. The van der Waals surface area contributed by atoms with Gasteiger partial charge >= 0.3 is 12.0 Å². The molecular formula is C13H18N2O5S. The summed E-state index contributed by atoms with van der Waals surface area (Å²) in [4.78, 5) is 23.0. The van der Waals surface area contributed by atoms with Crippen molar-refractivity contribution >= 4 is 27.5 Å². The van der Waals surface area contributed by atoms with Crippen molar-refractivity contribution in [3.63, 3.8) is 0 Å². The van der Waals surface area contributed by atoms with E-state index < -0.39 is 27.9 Å². The van der Waals surface area contributed by atoms with Crippen LogP contribution in [0.25, 0.3) is 0 Å². The molecule has 0 heterocycles. The molecule has 3 N–H and O–H groups in total. The minimum Gasteiger partial charge on any atom is -0.478 e. The fraction of sp³-hybridized carbons (Fsp3) is 0.385. The van der Waals surface area contributed by atoms with Crippen LogP contribution in [0.5, 0.6) is 0 Å². The molecule has 7 nitrogen and oxygen atoms in total. The first-order valence-corrected chi connectivity index (χ1v) is 8.24.